The smallest absolute Gasteiger partial charge is 0.268 e. The first-order valence-electron chi connectivity index (χ1n) is 8.25. The monoisotopic (exact) mass is 367 g/mol. The van der Waals surface area contributed by atoms with Crippen molar-refractivity contribution in [2.45, 2.75) is 6.42 Å². The molecule has 2 aromatic rings. The molecule has 0 aliphatic rings. The van der Waals surface area contributed by atoms with Crippen LogP contribution >= 0.6 is 0 Å². The molecule has 0 atom stereocenters. The Kier molecular flexibility index (Phi) is 6.42. The number of H-pyrrole nitrogens is 1. The van der Waals surface area contributed by atoms with Crippen LogP contribution in [-0.2, 0) is 0 Å². The molecule has 140 valence electrons. The summed E-state index contributed by atoms with van der Waals surface area (Å²) in [7, 11) is 5.42. The summed E-state index contributed by atoms with van der Waals surface area (Å²) in [5.74, 6) is 0.693. The van der Waals surface area contributed by atoms with Crippen molar-refractivity contribution in [2.24, 2.45) is 0 Å². The number of nitrogen functional groups attached to an aromatic ring is 1. The van der Waals surface area contributed by atoms with Crippen LogP contribution in [0.4, 0.5) is 5.82 Å². The van der Waals surface area contributed by atoms with Gasteiger partial charge in [-0.1, -0.05) is 12.1 Å². The van der Waals surface area contributed by atoms with Gasteiger partial charge in [0.05, 0.1) is 13.7 Å². The van der Waals surface area contributed by atoms with Crippen LogP contribution in [0.5, 0.6) is 11.5 Å². The summed E-state index contributed by atoms with van der Waals surface area (Å²) in [5.41, 5.74) is 5.50. The van der Waals surface area contributed by atoms with E-state index < -0.39 is 5.56 Å². The number of rotatable bonds is 7. The highest BCUT2D eigenvalue weighted by atomic mass is 16.5. The van der Waals surface area contributed by atoms with Gasteiger partial charge >= 0.3 is 0 Å². The van der Waals surface area contributed by atoms with E-state index >= 15 is 0 Å². The van der Waals surface area contributed by atoms with Gasteiger partial charge in [-0.3, -0.25) is 4.79 Å². The largest absolute Gasteiger partial charge is 0.493 e. The summed E-state index contributed by atoms with van der Waals surface area (Å²) in [6, 6.07) is 8.89. The number of nitrogens with zero attached hydrogens (tertiary/aromatic N) is 3. The van der Waals surface area contributed by atoms with Gasteiger partial charge in [-0.15, -0.1) is 0 Å². The Balaban J connectivity index is 2.65. The van der Waals surface area contributed by atoms with E-state index in [9.17, 15) is 15.3 Å². The Hall–Kier alpha value is -3.49. The SMILES string of the molecule is COc1cccc(-c2c(C#N)c(N)[nH]c(=O)c2C#N)c1OCCCN(C)C. The number of ether oxygens (including phenoxy) is 2. The minimum atomic E-state index is -0.662. The number of aromatic nitrogens is 1. The Morgan fingerprint density at radius 2 is 1.93 bits per heavy atom. The summed E-state index contributed by atoms with van der Waals surface area (Å²) in [6.07, 6.45) is 0.762. The molecule has 0 saturated carbocycles. The molecule has 3 N–H and O–H groups in total. The normalized spacial score (nSPS) is 10.3. The van der Waals surface area contributed by atoms with E-state index in [-0.39, 0.29) is 22.5 Å². The number of hydrogen-bond donors (Lipinski definition) is 2. The molecule has 0 bridgehead atoms. The van der Waals surface area contributed by atoms with Gasteiger partial charge < -0.3 is 25.1 Å². The molecule has 1 aromatic carbocycles. The van der Waals surface area contributed by atoms with E-state index in [4.69, 9.17) is 15.2 Å². The number of anilines is 1. The Labute approximate surface area is 157 Å². The van der Waals surface area contributed by atoms with E-state index in [1.165, 1.54) is 7.11 Å². The molecule has 0 radical (unpaired) electrons. The molecule has 0 unspecified atom stereocenters. The molecule has 0 spiro atoms. The van der Waals surface area contributed by atoms with Gasteiger partial charge in [-0.05, 0) is 26.6 Å². The molecule has 0 amide bonds. The van der Waals surface area contributed by atoms with Crippen LogP contribution in [-0.4, -0.2) is 44.2 Å². The highest BCUT2D eigenvalue weighted by molar-refractivity contribution is 5.85. The van der Waals surface area contributed by atoms with E-state index in [1.54, 1.807) is 18.2 Å². The van der Waals surface area contributed by atoms with Crippen LogP contribution in [0.3, 0.4) is 0 Å². The van der Waals surface area contributed by atoms with Gasteiger partial charge in [0.15, 0.2) is 11.5 Å². The van der Waals surface area contributed by atoms with Crippen molar-refractivity contribution < 1.29 is 9.47 Å². The Bertz CT molecular complexity index is 967. The predicted molar refractivity (Wildman–Crippen MR) is 102 cm³/mol. The summed E-state index contributed by atoms with van der Waals surface area (Å²) in [4.78, 5) is 16.6. The number of hydrogen-bond acceptors (Lipinski definition) is 7. The van der Waals surface area contributed by atoms with Crippen molar-refractivity contribution >= 4 is 5.82 Å². The number of nitriles is 2. The molecular weight excluding hydrogens is 346 g/mol. The second-order valence-corrected chi connectivity index (χ2v) is 6.06. The quantitative estimate of drug-likeness (QED) is 0.713. The van der Waals surface area contributed by atoms with Crippen molar-refractivity contribution in [3.05, 3.63) is 39.7 Å². The molecule has 0 fully saturated rings. The Morgan fingerprint density at radius 3 is 2.52 bits per heavy atom. The summed E-state index contributed by atoms with van der Waals surface area (Å²) < 4.78 is 11.3. The first-order chi connectivity index (χ1) is 12.9. The fraction of sp³-hybridized carbons (Fsp3) is 0.316. The zero-order chi connectivity index (χ0) is 20.0. The molecule has 0 aliphatic heterocycles. The van der Waals surface area contributed by atoms with Crippen LogP contribution in [0, 0.1) is 22.7 Å². The van der Waals surface area contributed by atoms with Crippen molar-refractivity contribution in [3.63, 3.8) is 0 Å². The summed E-state index contributed by atoms with van der Waals surface area (Å²) >= 11 is 0. The summed E-state index contributed by atoms with van der Waals surface area (Å²) in [6.45, 7) is 1.23. The second kappa shape index (κ2) is 8.75. The lowest BCUT2D eigenvalue weighted by atomic mass is 9.95. The maximum atomic E-state index is 12.2. The Morgan fingerprint density at radius 1 is 1.22 bits per heavy atom. The van der Waals surface area contributed by atoms with Crippen LogP contribution in [0.15, 0.2) is 23.0 Å². The standard InChI is InChI=1S/C19H21N5O3/c1-24(2)8-5-9-27-17-12(6-4-7-15(17)26-3)16-13(10-20)18(22)23-19(25)14(16)11-21/h4,6-7H,5,8-9H2,1-3H3,(H3,22,23,25). The van der Waals surface area contributed by atoms with E-state index in [0.717, 1.165) is 13.0 Å². The van der Waals surface area contributed by atoms with E-state index in [0.29, 0.717) is 23.7 Å². The number of para-hydroxylation sites is 1. The van der Waals surface area contributed by atoms with Gasteiger partial charge in [-0.2, -0.15) is 10.5 Å². The third-order valence-electron chi connectivity index (χ3n) is 3.93. The lowest BCUT2D eigenvalue weighted by Gasteiger charge is -2.17. The van der Waals surface area contributed by atoms with Crippen LogP contribution < -0.4 is 20.8 Å². The molecular formula is C19H21N5O3. The predicted octanol–water partition coefficient (Wildman–Crippen LogP) is 1.71. The van der Waals surface area contributed by atoms with Gasteiger partial charge in [0, 0.05) is 17.7 Å². The molecule has 8 nitrogen and oxygen atoms in total. The molecule has 2 rings (SSSR count). The maximum Gasteiger partial charge on any atom is 0.268 e. The van der Waals surface area contributed by atoms with Crippen LogP contribution in [0.2, 0.25) is 0 Å². The van der Waals surface area contributed by atoms with E-state index in [1.807, 2.05) is 31.1 Å². The van der Waals surface area contributed by atoms with Gasteiger partial charge in [0.2, 0.25) is 0 Å². The molecule has 1 heterocycles. The molecule has 27 heavy (non-hydrogen) atoms. The number of nitrogens with one attached hydrogen (secondary N) is 1. The van der Waals surface area contributed by atoms with Gasteiger partial charge in [0.1, 0.15) is 29.1 Å². The number of benzene rings is 1. The number of methoxy groups -OCH3 is 1. The lowest BCUT2D eigenvalue weighted by molar-refractivity contribution is 0.269. The molecule has 0 aliphatic carbocycles. The van der Waals surface area contributed by atoms with Crippen molar-refractivity contribution in [2.75, 3.05) is 40.1 Å². The highest BCUT2D eigenvalue weighted by Gasteiger charge is 2.23. The number of nitrogens with two attached hydrogens (primary N) is 1. The molecule has 0 saturated heterocycles. The van der Waals surface area contributed by atoms with Crippen molar-refractivity contribution in [3.8, 4) is 34.8 Å². The average Bonchev–Trinajstić information content (AvgIpc) is 2.64. The second-order valence-electron chi connectivity index (χ2n) is 6.06. The number of aromatic amines is 1. The van der Waals surface area contributed by atoms with Gasteiger partial charge in [0.25, 0.3) is 5.56 Å². The lowest BCUT2D eigenvalue weighted by Crippen LogP contribution is -2.17. The molecule has 8 heteroatoms. The number of pyridine rings is 1. The summed E-state index contributed by atoms with van der Waals surface area (Å²) in [5, 5.41) is 19.0. The highest BCUT2D eigenvalue weighted by Crippen LogP contribution is 2.41. The fourth-order valence-corrected chi connectivity index (χ4v) is 2.69. The third kappa shape index (κ3) is 4.20. The average molecular weight is 367 g/mol. The van der Waals surface area contributed by atoms with Gasteiger partial charge in [-0.25, -0.2) is 0 Å². The first kappa shape index (κ1) is 19.8. The minimum Gasteiger partial charge on any atom is -0.493 e. The zero-order valence-electron chi connectivity index (χ0n) is 15.5. The van der Waals surface area contributed by atoms with Crippen LogP contribution in [0.25, 0.3) is 11.1 Å². The van der Waals surface area contributed by atoms with E-state index in [2.05, 4.69) is 4.98 Å². The topological polar surface area (TPSA) is 128 Å². The zero-order valence-corrected chi connectivity index (χ0v) is 15.5. The van der Waals surface area contributed by atoms with Crippen molar-refractivity contribution in [1.29, 1.82) is 10.5 Å². The van der Waals surface area contributed by atoms with Crippen molar-refractivity contribution in [1.82, 2.24) is 9.88 Å². The third-order valence-corrected chi connectivity index (χ3v) is 3.93. The molecule has 1 aromatic heterocycles. The fourth-order valence-electron chi connectivity index (χ4n) is 2.69. The minimum absolute atomic E-state index is 0.0116. The first-order valence-corrected chi connectivity index (χ1v) is 8.25. The maximum absolute atomic E-state index is 12.2. The van der Waals surface area contributed by atoms with Crippen LogP contribution in [0.1, 0.15) is 17.5 Å².